The van der Waals surface area contributed by atoms with E-state index in [1.54, 1.807) is 0 Å². The van der Waals surface area contributed by atoms with Gasteiger partial charge in [-0.1, -0.05) is 0 Å². The molecule has 0 fully saturated rings. The molecule has 0 saturated carbocycles. The molecular weight excluding hydrogens is 245 g/mol. The van der Waals surface area contributed by atoms with Crippen LogP contribution in [0, 0.1) is 0 Å². The second-order valence-electron chi connectivity index (χ2n) is 1.15. The van der Waals surface area contributed by atoms with Gasteiger partial charge in [-0.25, -0.2) is 4.57 Å². The smallest absolute Gasteiger partial charge is 0.460 e. The molecule has 0 aromatic carbocycles. The van der Waals surface area contributed by atoms with Crippen LogP contribution < -0.4 is 91.2 Å². The fraction of sp³-hybridized carbons (Fsp3) is 0. The number of carboxylic acid groups (broad SMARTS) is 2. The monoisotopic (exact) mass is 246 g/mol. The minimum Gasteiger partial charge on any atom is -0.460 e. The van der Waals surface area contributed by atoms with Crippen LogP contribution in [0.4, 0.5) is 9.59 Å². The number of phosphoric acid groups is 1. The normalized spacial score (nSPS) is 8.69. The van der Waals surface area contributed by atoms with Crippen LogP contribution in [0.5, 0.6) is 0 Å². The molecule has 11 heteroatoms. The standard InChI is InChI=1S/C2H3O8P.K.Na/c3-1(4)9-11(7,8)10-2(5)6;;/h(H,3,4)(H,5,6)(H,7,8);;/q;2*+1/p-2. The second kappa shape index (κ2) is 8.66. The zero-order valence-corrected chi connectivity index (χ0v) is 12.8. The Morgan fingerprint density at radius 1 is 1.15 bits per heavy atom. The first-order valence-corrected chi connectivity index (χ1v) is 3.47. The van der Waals surface area contributed by atoms with Gasteiger partial charge in [-0.3, -0.25) is 0 Å². The summed E-state index contributed by atoms with van der Waals surface area (Å²) in [5.74, 6) is 0. The van der Waals surface area contributed by atoms with Crippen molar-refractivity contribution < 1.29 is 119 Å². The average Bonchev–Trinajstić information content (AvgIpc) is 1.53. The quantitative estimate of drug-likeness (QED) is 0.374. The molecule has 0 bridgehead atoms. The van der Waals surface area contributed by atoms with Crippen molar-refractivity contribution in [2.24, 2.45) is 0 Å². The number of hydrogen-bond acceptors (Lipinski definition) is 7. The van der Waals surface area contributed by atoms with Crippen molar-refractivity contribution in [1.82, 2.24) is 0 Å². The van der Waals surface area contributed by atoms with E-state index < -0.39 is 20.1 Å². The summed E-state index contributed by atoms with van der Waals surface area (Å²) in [5, 5.41) is 18.9. The SMILES string of the molecule is O=C([O-])OP(=O)(O)OC(=O)[O-].[K+].[Na+]. The summed E-state index contributed by atoms with van der Waals surface area (Å²) in [7, 11) is -5.13. The number of hydrogen-bond donors (Lipinski definition) is 1. The first-order chi connectivity index (χ1) is 4.83. The van der Waals surface area contributed by atoms with Crippen molar-refractivity contribution in [1.29, 1.82) is 0 Å². The van der Waals surface area contributed by atoms with E-state index in [1.807, 2.05) is 0 Å². The Balaban J connectivity index is -0.000000500. The molecule has 0 aliphatic carbocycles. The summed E-state index contributed by atoms with van der Waals surface area (Å²) in [5.41, 5.74) is 0. The fourth-order valence-corrected chi connectivity index (χ4v) is 0.621. The van der Waals surface area contributed by atoms with Crippen LogP contribution in [0.2, 0.25) is 0 Å². The minimum absolute atomic E-state index is 0. The van der Waals surface area contributed by atoms with Crippen LogP contribution in [0.15, 0.2) is 0 Å². The van der Waals surface area contributed by atoms with E-state index in [-0.39, 0.29) is 80.9 Å². The molecule has 0 heterocycles. The van der Waals surface area contributed by atoms with E-state index >= 15 is 0 Å². The molecule has 8 nitrogen and oxygen atoms in total. The van der Waals surface area contributed by atoms with Crippen LogP contribution in [0.1, 0.15) is 0 Å². The van der Waals surface area contributed by atoms with Crippen LogP contribution in [0.3, 0.4) is 0 Å². The predicted octanol–water partition coefficient (Wildman–Crippen LogP) is -8.19. The van der Waals surface area contributed by atoms with Gasteiger partial charge in [-0.15, -0.1) is 0 Å². The molecule has 0 aromatic rings. The molecule has 0 amide bonds. The predicted molar refractivity (Wildman–Crippen MR) is 22.8 cm³/mol. The van der Waals surface area contributed by atoms with Gasteiger partial charge in [0.05, 0.1) is 0 Å². The molecule has 0 aliphatic heterocycles. The molecule has 1 N–H and O–H groups in total. The Hall–Kier alpha value is 1.37. The second-order valence-corrected chi connectivity index (χ2v) is 2.45. The molecule has 0 atom stereocenters. The molecule has 64 valence electrons. The van der Waals surface area contributed by atoms with Crippen molar-refractivity contribution in [2.75, 3.05) is 0 Å². The van der Waals surface area contributed by atoms with E-state index in [9.17, 15) is 24.4 Å². The number of rotatable bonds is 2. The third-order valence-corrected chi connectivity index (χ3v) is 1.14. The summed E-state index contributed by atoms with van der Waals surface area (Å²) in [6.07, 6.45) is -4.76. The van der Waals surface area contributed by atoms with Gasteiger partial charge in [0.15, 0.2) is 0 Å². The Bertz CT molecular complexity index is 208. The molecular formula is C2HKNaO8P. The molecule has 0 rings (SSSR count). The van der Waals surface area contributed by atoms with E-state index in [4.69, 9.17) is 4.89 Å². The third kappa shape index (κ3) is 13.4. The molecule has 13 heavy (non-hydrogen) atoms. The summed E-state index contributed by atoms with van der Waals surface area (Å²) >= 11 is 0. The first-order valence-electron chi connectivity index (χ1n) is 1.97. The van der Waals surface area contributed by atoms with Gasteiger partial charge in [0.2, 0.25) is 0 Å². The largest absolute Gasteiger partial charge is 1.00 e. The number of carbonyl (C=O) groups is 2. The van der Waals surface area contributed by atoms with Crippen LogP contribution in [-0.4, -0.2) is 17.2 Å². The van der Waals surface area contributed by atoms with Gasteiger partial charge in [0.1, 0.15) is 0 Å². The molecule has 0 saturated heterocycles. The van der Waals surface area contributed by atoms with Crippen LogP contribution >= 0.6 is 7.82 Å². The summed E-state index contributed by atoms with van der Waals surface area (Å²) in [4.78, 5) is 27.0. The zero-order valence-electron chi connectivity index (χ0n) is 6.75. The van der Waals surface area contributed by atoms with Gasteiger partial charge in [-0.05, 0) is 0 Å². The molecule has 0 radical (unpaired) electrons. The zero-order chi connectivity index (χ0) is 9.07. The van der Waals surface area contributed by atoms with E-state index in [2.05, 4.69) is 9.05 Å². The molecule has 0 aromatic heterocycles. The van der Waals surface area contributed by atoms with Crippen molar-refractivity contribution in [3.8, 4) is 0 Å². The van der Waals surface area contributed by atoms with Gasteiger partial charge >= 0.3 is 88.8 Å². The molecule has 0 spiro atoms. The van der Waals surface area contributed by atoms with Crippen molar-refractivity contribution in [3.05, 3.63) is 0 Å². The minimum atomic E-state index is -5.13. The van der Waals surface area contributed by atoms with E-state index in [0.717, 1.165) is 0 Å². The van der Waals surface area contributed by atoms with Gasteiger partial charge in [0.25, 0.3) is 12.3 Å². The Morgan fingerprint density at radius 3 is 1.54 bits per heavy atom. The fourth-order valence-electron chi connectivity index (χ4n) is 0.207. The number of phosphoric ester groups is 1. The Kier molecular flexibility index (Phi) is 13.2. The Labute approximate surface area is 137 Å². The summed E-state index contributed by atoms with van der Waals surface area (Å²) < 4.78 is 16.1. The Morgan fingerprint density at radius 2 is 1.38 bits per heavy atom. The number of carbonyl (C=O) groups excluding carboxylic acids is 2. The summed E-state index contributed by atoms with van der Waals surface area (Å²) in [6, 6.07) is 0. The third-order valence-electron chi connectivity index (χ3n) is 0.380. The first kappa shape index (κ1) is 19.9. The maximum absolute atomic E-state index is 10.1. The van der Waals surface area contributed by atoms with Crippen LogP contribution in [-0.2, 0) is 13.6 Å². The molecule has 0 aliphatic rings. The topological polar surface area (TPSA) is 136 Å². The van der Waals surface area contributed by atoms with Crippen LogP contribution in [0.25, 0.3) is 0 Å². The summed E-state index contributed by atoms with van der Waals surface area (Å²) in [6.45, 7) is 0. The maximum Gasteiger partial charge on any atom is 1.00 e. The average molecular weight is 246 g/mol. The van der Waals surface area contributed by atoms with Crippen molar-refractivity contribution >= 4 is 20.1 Å². The maximum atomic E-state index is 10.1. The van der Waals surface area contributed by atoms with E-state index in [0.29, 0.717) is 0 Å². The van der Waals surface area contributed by atoms with Gasteiger partial charge < -0.3 is 33.7 Å². The molecule has 0 unspecified atom stereocenters. The van der Waals surface area contributed by atoms with Gasteiger partial charge in [-0.2, -0.15) is 0 Å². The van der Waals surface area contributed by atoms with Crippen molar-refractivity contribution in [2.45, 2.75) is 0 Å². The van der Waals surface area contributed by atoms with Crippen molar-refractivity contribution in [3.63, 3.8) is 0 Å². The van der Waals surface area contributed by atoms with Gasteiger partial charge in [0, 0.05) is 0 Å². The van der Waals surface area contributed by atoms with E-state index in [1.165, 1.54) is 0 Å².